The lowest BCUT2D eigenvalue weighted by Crippen LogP contribution is -2.21. The minimum absolute atomic E-state index is 0.00231. The molecule has 1 fully saturated rings. The molecule has 0 radical (unpaired) electrons. The topological polar surface area (TPSA) is 76.1 Å². The normalized spacial score (nSPS) is 16.8. The van der Waals surface area contributed by atoms with Crippen LogP contribution in [0.15, 0.2) is 30.5 Å². The van der Waals surface area contributed by atoms with Crippen molar-refractivity contribution in [2.75, 3.05) is 23.8 Å². The number of aromatic nitrogens is 2. The molecular weight excluding hydrogens is 318 g/mol. The minimum atomic E-state index is -0.853. The van der Waals surface area contributed by atoms with Gasteiger partial charge in [-0.3, -0.25) is 4.79 Å². The molecule has 2 aromatic rings. The molecule has 3 rings (SSSR count). The van der Waals surface area contributed by atoms with Crippen molar-refractivity contribution in [1.29, 1.82) is 0 Å². The molecule has 2 N–H and O–H groups in total. The van der Waals surface area contributed by atoms with Crippen molar-refractivity contribution in [1.82, 2.24) is 9.97 Å². The maximum atomic E-state index is 13.6. The van der Waals surface area contributed by atoms with Gasteiger partial charge in [0.05, 0.1) is 6.10 Å². The Morgan fingerprint density at radius 2 is 2.08 bits per heavy atom. The van der Waals surface area contributed by atoms with Crippen LogP contribution in [0.5, 0.6) is 0 Å². The van der Waals surface area contributed by atoms with E-state index in [1.807, 2.05) is 0 Å². The summed E-state index contributed by atoms with van der Waals surface area (Å²) in [6.07, 6.45) is 3.47. The van der Waals surface area contributed by atoms with Crippen LogP contribution in [0.4, 0.5) is 20.4 Å². The van der Waals surface area contributed by atoms with E-state index in [2.05, 4.69) is 20.6 Å². The third kappa shape index (κ3) is 3.83. The van der Waals surface area contributed by atoms with Gasteiger partial charge in [0.1, 0.15) is 23.0 Å². The molecule has 1 aromatic carbocycles. The number of ether oxygens (including phenoxy) is 1. The SMILES string of the molecule is O=C(Nc1c(F)cccc1F)c1ccnc(NCC2CCCO2)n1. The van der Waals surface area contributed by atoms with E-state index >= 15 is 0 Å². The molecule has 1 aliphatic rings. The lowest BCUT2D eigenvalue weighted by atomic mass is 10.2. The third-order valence-corrected chi connectivity index (χ3v) is 3.60. The number of amides is 1. The zero-order chi connectivity index (χ0) is 16.9. The molecule has 0 saturated carbocycles. The van der Waals surface area contributed by atoms with E-state index in [0.29, 0.717) is 6.54 Å². The molecule has 0 spiro atoms. The molecular formula is C16H16F2N4O2. The van der Waals surface area contributed by atoms with Crippen LogP contribution in [0.1, 0.15) is 23.3 Å². The van der Waals surface area contributed by atoms with Gasteiger partial charge in [-0.25, -0.2) is 18.7 Å². The predicted octanol–water partition coefficient (Wildman–Crippen LogP) is 2.60. The van der Waals surface area contributed by atoms with Gasteiger partial charge in [0.25, 0.3) is 5.91 Å². The van der Waals surface area contributed by atoms with Crippen LogP contribution in [0.25, 0.3) is 0 Å². The highest BCUT2D eigenvalue weighted by Gasteiger charge is 2.17. The van der Waals surface area contributed by atoms with E-state index in [4.69, 9.17) is 4.74 Å². The summed E-state index contributed by atoms with van der Waals surface area (Å²) < 4.78 is 32.6. The van der Waals surface area contributed by atoms with Crippen LogP contribution in [0.3, 0.4) is 0 Å². The van der Waals surface area contributed by atoms with Crippen LogP contribution in [0.2, 0.25) is 0 Å². The second-order valence-corrected chi connectivity index (χ2v) is 5.33. The molecule has 0 bridgehead atoms. The first-order valence-electron chi connectivity index (χ1n) is 7.57. The van der Waals surface area contributed by atoms with Gasteiger partial charge in [0.2, 0.25) is 5.95 Å². The minimum Gasteiger partial charge on any atom is -0.376 e. The average Bonchev–Trinajstić information content (AvgIpc) is 3.10. The van der Waals surface area contributed by atoms with Crippen molar-refractivity contribution in [2.45, 2.75) is 18.9 Å². The number of benzene rings is 1. The van der Waals surface area contributed by atoms with Crippen molar-refractivity contribution in [3.8, 4) is 0 Å². The number of para-hydroxylation sites is 1. The van der Waals surface area contributed by atoms with Gasteiger partial charge in [-0.15, -0.1) is 0 Å². The zero-order valence-electron chi connectivity index (χ0n) is 12.8. The predicted molar refractivity (Wildman–Crippen MR) is 83.8 cm³/mol. The quantitative estimate of drug-likeness (QED) is 0.879. The van der Waals surface area contributed by atoms with E-state index in [9.17, 15) is 13.6 Å². The van der Waals surface area contributed by atoms with Crippen molar-refractivity contribution in [3.05, 3.63) is 47.8 Å². The van der Waals surface area contributed by atoms with Crippen LogP contribution in [-0.2, 0) is 4.74 Å². The molecule has 0 aliphatic carbocycles. The Labute approximate surface area is 137 Å². The first-order chi connectivity index (χ1) is 11.6. The monoisotopic (exact) mass is 334 g/mol. The first-order valence-corrected chi connectivity index (χ1v) is 7.57. The number of hydrogen-bond acceptors (Lipinski definition) is 5. The molecule has 1 unspecified atom stereocenters. The number of carbonyl (C=O) groups is 1. The number of hydrogen-bond donors (Lipinski definition) is 2. The molecule has 2 heterocycles. The molecule has 1 aliphatic heterocycles. The highest BCUT2D eigenvalue weighted by atomic mass is 19.1. The summed E-state index contributed by atoms with van der Waals surface area (Å²) in [5.41, 5.74) is -0.502. The summed E-state index contributed by atoms with van der Waals surface area (Å²) in [5.74, 6) is -2.17. The highest BCUT2D eigenvalue weighted by Crippen LogP contribution is 2.19. The van der Waals surface area contributed by atoms with Crippen LogP contribution in [-0.4, -0.2) is 35.1 Å². The fourth-order valence-electron chi connectivity index (χ4n) is 2.38. The van der Waals surface area contributed by atoms with E-state index in [1.165, 1.54) is 18.3 Å². The summed E-state index contributed by atoms with van der Waals surface area (Å²) in [6, 6.07) is 4.71. The summed E-state index contributed by atoms with van der Waals surface area (Å²) in [7, 11) is 0. The van der Waals surface area contributed by atoms with E-state index < -0.39 is 23.2 Å². The number of carbonyl (C=O) groups excluding carboxylic acids is 1. The van der Waals surface area contributed by atoms with Gasteiger partial charge in [-0.2, -0.15) is 0 Å². The fourth-order valence-corrected chi connectivity index (χ4v) is 2.38. The smallest absolute Gasteiger partial charge is 0.274 e. The number of halogens is 2. The number of rotatable bonds is 5. The van der Waals surface area contributed by atoms with Gasteiger partial charge >= 0.3 is 0 Å². The Balaban J connectivity index is 1.67. The number of nitrogens with one attached hydrogen (secondary N) is 2. The summed E-state index contributed by atoms with van der Waals surface area (Å²) >= 11 is 0. The first kappa shape index (κ1) is 16.3. The number of anilines is 2. The van der Waals surface area contributed by atoms with Gasteiger partial charge in [0.15, 0.2) is 0 Å². The lowest BCUT2D eigenvalue weighted by Gasteiger charge is -2.11. The Morgan fingerprint density at radius 1 is 1.29 bits per heavy atom. The Morgan fingerprint density at radius 3 is 2.79 bits per heavy atom. The summed E-state index contributed by atoms with van der Waals surface area (Å²) in [4.78, 5) is 20.2. The Hall–Kier alpha value is -2.61. The van der Waals surface area contributed by atoms with Gasteiger partial charge in [-0.05, 0) is 31.0 Å². The molecule has 24 heavy (non-hydrogen) atoms. The van der Waals surface area contributed by atoms with Crippen molar-refractivity contribution in [2.24, 2.45) is 0 Å². The summed E-state index contributed by atoms with van der Waals surface area (Å²) in [6.45, 7) is 1.27. The molecule has 1 amide bonds. The molecule has 8 heteroatoms. The largest absolute Gasteiger partial charge is 0.376 e. The van der Waals surface area contributed by atoms with Crippen molar-refractivity contribution < 1.29 is 18.3 Å². The van der Waals surface area contributed by atoms with Gasteiger partial charge in [0, 0.05) is 19.3 Å². The highest BCUT2D eigenvalue weighted by molar-refractivity contribution is 6.03. The second kappa shape index (κ2) is 7.31. The third-order valence-electron chi connectivity index (χ3n) is 3.60. The standard InChI is InChI=1S/C16H16F2N4O2/c17-11-4-1-5-12(18)14(11)22-15(23)13-6-7-19-16(21-13)20-9-10-3-2-8-24-10/h1,4-7,10H,2-3,8-9H2,(H,22,23)(H,19,20,21). The van der Waals surface area contributed by atoms with Crippen LogP contribution < -0.4 is 10.6 Å². The Kier molecular flexibility index (Phi) is 4.95. The van der Waals surface area contributed by atoms with E-state index in [-0.39, 0.29) is 17.7 Å². The fraction of sp³-hybridized carbons (Fsp3) is 0.312. The maximum Gasteiger partial charge on any atom is 0.274 e. The second-order valence-electron chi connectivity index (χ2n) is 5.33. The van der Waals surface area contributed by atoms with Crippen LogP contribution in [0, 0.1) is 11.6 Å². The van der Waals surface area contributed by atoms with Gasteiger partial charge in [-0.1, -0.05) is 6.07 Å². The molecule has 6 nitrogen and oxygen atoms in total. The average molecular weight is 334 g/mol. The zero-order valence-corrected chi connectivity index (χ0v) is 12.8. The van der Waals surface area contributed by atoms with Crippen molar-refractivity contribution >= 4 is 17.5 Å². The molecule has 1 atom stereocenters. The van der Waals surface area contributed by atoms with Crippen LogP contribution >= 0.6 is 0 Å². The molecule has 1 aromatic heterocycles. The Bertz CT molecular complexity index is 716. The maximum absolute atomic E-state index is 13.6. The lowest BCUT2D eigenvalue weighted by molar-refractivity contribution is 0.102. The molecule has 1 saturated heterocycles. The van der Waals surface area contributed by atoms with Gasteiger partial charge < -0.3 is 15.4 Å². The molecule has 126 valence electrons. The summed E-state index contributed by atoms with van der Waals surface area (Å²) in [5, 5.41) is 5.18. The number of nitrogens with zero attached hydrogens (tertiary/aromatic N) is 2. The van der Waals surface area contributed by atoms with Crippen molar-refractivity contribution in [3.63, 3.8) is 0 Å². The van der Waals surface area contributed by atoms with E-state index in [1.54, 1.807) is 0 Å². The van der Waals surface area contributed by atoms with E-state index in [0.717, 1.165) is 31.6 Å².